The smallest absolute Gasteiger partial charge is 0.265 e. The van der Waals surface area contributed by atoms with Crippen molar-refractivity contribution in [1.29, 1.82) is 0 Å². The van der Waals surface area contributed by atoms with Crippen molar-refractivity contribution in [2.75, 3.05) is 10.6 Å². The maximum absolute atomic E-state index is 12.6. The van der Waals surface area contributed by atoms with Crippen molar-refractivity contribution in [3.8, 4) is 0 Å². The maximum atomic E-state index is 12.6. The predicted octanol–water partition coefficient (Wildman–Crippen LogP) is 5.40. The van der Waals surface area contributed by atoms with Crippen LogP contribution in [-0.4, -0.2) is 11.8 Å². The quantitative estimate of drug-likeness (QED) is 0.606. The van der Waals surface area contributed by atoms with E-state index in [0.29, 0.717) is 21.3 Å². The molecule has 0 bridgehead atoms. The van der Waals surface area contributed by atoms with Gasteiger partial charge in [0.15, 0.2) is 0 Å². The lowest BCUT2D eigenvalue weighted by Gasteiger charge is -2.09. The summed E-state index contributed by atoms with van der Waals surface area (Å²) in [5.74, 6) is -0.0919. The zero-order chi connectivity index (χ0) is 18.8. The van der Waals surface area contributed by atoms with Gasteiger partial charge in [0.05, 0.1) is 4.88 Å². The van der Waals surface area contributed by atoms with Crippen LogP contribution < -0.4 is 10.6 Å². The third-order valence-corrected chi connectivity index (χ3v) is 5.78. The molecule has 4 nitrogen and oxygen atoms in total. The van der Waals surface area contributed by atoms with E-state index < -0.39 is 0 Å². The van der Waals surface area contributed by atoms with Gasteiger partial charge in [0.2, 0.25) is 5.91 Å². The van der Waals surface area contributed by atoms with E-state index >= 15 is 0 Å². The molecule has 0 aliphatic heterocycles. The highest BCUT2D eigenvalue weighted by Crippen LogP contribution is 2.50. The van der Waals surface area contributed by atoms with Gasteiger partial charge >= 0.3 is 0 Å². The van der Waals surface area contributed by atoms with Crippen molar-refractivity contribution in [1.82, 2.24) is 0 Å². The average molecular weight is 397 g/mol. The Labute approximate surface area is 166 Å². The van der Waals surface area contributed by atoms with E-state index in [0.717, 1.165) is 12.0 Å². The van der Waals surface area contributed by atoms with Crippen LogP contribution in [0.4, 0.5) is 11.4 Å². The number of hydrogen-bond donors (Lipinski definition) is 2. The molecule has 27 heavy (non-hydrogen) atoms. The number of nitrogens with one attached hydrogen (secondary N) is 2. The molecule has 1 heterocycles. The van der Waals surface area contributed by atoms with Crippen LogP contribution in [0.25, 0.3) is 0 Å². The molecule has 2 aromatic carbocycles. The van der Waals surface area contributed by atoms with Gasteiger partial charge in [-0.25, -0.2) is 0 Å². The summed E-state index contributed by atoms with van der Waals surface area (Å²) in [5, 5.41) is 8.35. The van der Waals surface area contributed by atoms with E-state index in [1.165, 1.54) is 11.3 Å². The summed E-state index contributed by atoms with van der Waals surface area (Å²) in [4.78, 5) is 25.4. The Morgan fingerprint density at radius 3 is 2.48 bits per heavy atom. The molecule has 1 aromatic heterocycles. The second-order valence-electron chi connectivity index (χ2n) is 6.47. The Hall–Kier alpha value is -2.63. The Kier molecular flexibility index (Phi) is 4.97. The van der Waals surface area contributed by atoms with Crippen molar-refractivity contribution in [2.24, 2.45) is 5.92 Å². The van der Waals surface area contributed by atoms with Gasteiger partial charge in [0, 0.05) is 22.3 Å². The SMILES string of the molecule is O=C(Nc1cccc(NC(=O)C2CC2c2ccccc2Cl)c1)c1cccs1. The van der Waals surface area contributed by atoms with Gasteiger partial charge in [-0.15, -0.1) is 11.3 Å². The van der Waals surface area contributed by atoms with Crippen molar-refractivity contribution < 1.29 is 9.59 Å². The predicted molar refractivity (Wildman–Crippen MR) is 110 cm³/mol. The Morgan fingerprint density at radius 2 is 1.74 bits per heavy atom. The van der Waals surface area contributed by atoms with Gasteiger partial charge in [0.25, 0.3) is 5.91 Å². The molecule has 136 valence electrons. The monoisotopic (exact) mass is 396 g/mol. The van der Waals surface area contributed by atoms with Crippen molar-refractivity contribution in [3.63, 3.8) is 0 Å². The number of amides is 2. The number of anilines is 2. The minimum Gasteiger partial charge on any atom is -0.326 e. The normalized spacial score (nSPS) is 18.0. The maximum Gasteiger partial charge on any atom is 0.265 e. The molecule has 3 aromatic rings. The van der Waals surface area contributed by atoms with Crippen LogP contribution in [0.2, 0.25) is 5.02 Å². The summed E-state index contributed by atoms with van der Waals surface area (Å²) in [6, 6.07) is 18.4. The second-order valence-corrected chi connectivity index (χ2v) is 7.83. The van der Waals surface area contributed by atoms with Crippen molar-refractivity contribution in [2.45, 2.75) is 12.3 Å². The Balaban J connectivity index is 1.39. The summed E-state index contributed by atoms with van der Waals surface area (Å²) < 4.78 is 0. The molecule has 6 heteroatoms. The molecule has 1 aliphatic rings. The fourth-order valence-electron chi connectivity index (χ4n) is 3.11. The molecule has 1 saturated carbocycles. The minimum absolute atomic E-state index is 0.0262. The number of thiophene rings is 1. The second kappa shape index (κ2) is 7.55. The Bertz CT molecular complexity index is 987. The lowest BCUT2D eigenvalue weighted by Crippen LogP contribution is -2.15. The average Bonchev–Trinajstić information content (AvgIpc) is 3.25. The first-order valence-electron chi connectivity index (χ1n) is 8.62. The fraction of sp³-hybridized carbons (Fsp3) is 0.143. The van der Waals surface area contributed by atoms with E-state index in [-0.39, 0.29) is 23.7 Å². The standard InChI is InChI=1S/C21H17ClN2O2S/c22-18-8-2-1-7-15(18)16-12-17(16)20(25)23-13-5-3-6-14(11-13)24-21(26)19-9-4-10-27-19/h1-11,16-17H,12H2,(H,23,25)(H,24,26). The van der Waals surface area contributed by atoms with Crippen LogP contribution in [0.5, 0.6) is 0 Å². The zero-order valence-corrected chi connectivity index (χ0v) is 15.9. The van der Waals surface area contributed by atoms with E-state index in [1.54, 1.807) is 24.3 Å². The van der Waals surface area contributed by atoms with E-state index in [4.69, 9.17) is 11.6 Å². The number of rotatable bonds is 5. The van der Waals surface area contributed by atoms with E-state index in [2.05, 4.69) is 10.6 Å². The number of carbonyl (C=O) groups excluding carboxylic acids is 2. The minimum atomic E-state index is -0.158. The molecule has 2 unspecified atom stereocenters. The van der Waals surface area contributed by atoms with E-state index in [9.17, 15) is 9.59 Å². The van der Waals surface area contributed by atoms with Gasteiger partial charge in [-0.2, -0.15) is 0 Å². The molecule has 1 fully saturated rings. The van der Waals surface area contributed by atoms with Crippen LogP contribution in [-0.2, 0) is 4.79 Å². The molecule has 0 radical (unpaired) electrons. The molecule has 0 spiro atoms. The van der Waals surface area contributed by atoms with Crippen molar-refractivity contribution in [3.05, 3.63) is 81.5 Å². The van der Waals surface area contributed by atoms with Crippen LogP contribution in [0, 0.1) is 5.92 Å². The van der Waals surface area contributed by atoms with Crippen molar-refractivity contribution >= 4 is 46.1 Å². The third kappa shape index (κ3) is 4.04. The first-order chi connectivity index (χ1) is 13.1. The summed E-state index contributed by atoms with van der Waals surface area (Å²) >= 11 is 7.61. The highest BCUT2D eigenvalue weighted by Gasteiger charge is 2.44. The summed E-state index contributed by atoms with van der Waals surface area (Å²) in [6.45, 7) is 0. The van der Waals surface area contributed by atoms with Crippen LogP contribution in [0.3, 0.4) is 0 Å². The van der Waals surface area contributed by atoms with Crippen LogP contribution in [0.15, 0.2) is 66.0 Å². The number of carbonyl (C=O) groups is 2. The largest absolute Gasteiger partial charge is 0.326 e. The molecular weight excluding hydrogens is 380 g/mol. The molecule has 0 saturated heterocycles. The Morgan fingerprint density at radius 1 is 0.963 bits per heavy atom. The van der Waals surface area contributed by atoms with Crippen LogP contribution in [0.1, 0.15) is 27.6 Å². The summed E-state index contributed by atoms with van der Waals surface area (Å²) in [7, 11) is 0. The first-order valence-corrected chi connectivity index (χ1v) is 9.88. The highest BCUT2D eigenvalue weighted by molar-refractivity contribution is 7.12. The zero-order valence-electron chi connectivity index (χ0n) is 14.3. The number of halogens is 1. The lowest BCUT2D eigenvalue weighted by atomic mass is 10.1. The number of hydrogen-bond acceptors (Lipinski definition) is 3. The van der Waals surface area contributed by atoms with Gasteiger partial charge in [-0.05, 0) is 53.6 Å². The van der Waals surface area contributed by atoms with Gasteiger partial charge in [-0.3, -0.25) is 9.59 Å². The fourth-order valence-corrected chi connectivity index (χ4v) is 4.01. The summed E-state index contributed by atoms with van der Waals surface area (Å²) in [5.41, 5.74) is 2.33. The summed E-state index contributed by atoms with van der Waals surface area (Å²) in [6.07, 6.45) is 0.796. The first kappa shape index (κ1) is 17.8. The molecule has 1 aliphatic carbocycles. The number of benzene rings is 2. The molecule has 2 amide bonds. The molecular formula is C21H17ClN2O2S. The van der Waals surface area contributed by atoms with Gasteiger partial charge in [-0.1, -0.05) is 41.9 Å². The van der Waals surface area contributed by atoms with Crippen LogP contribution >= 0.6 is 22.9 Å². The molecule has 2 atom stereocenters. The van der Waals surface area contributed by atoms with Gasteiger partial charge in [0.1, 0.15) is 0 Å². The topological polar surface area (TPSA) is 58.2 Å². The third-order valence-electron chi connectivity index (χ3n) is 4.56. The highest BCUT2D eigenvalue weighted by atomic mass is 35.5. The van der Waals surface area contributed by atoms with E-state index in [1.807, 2.05) is 41.8 Å². The molecule has 4 rings (SSSR count). The van der Waals surface area contributed by atoms with Gasteiger partial charge < -0.3 is 10.6 Å². The lowest BCUT2D eigenvalue weighted by molar-refractivity contribution is -0.117. The molecule has 2 N–H and O–H groups in total.